The van der Waals surface area contributed by atoms with Crippen LogP contribution in [-0.2, 0) is 11.2 Å². The van der Waals surface area contributed by atoms with Gasteiger partial charge in [-0.05, 0) is 43.3 Å². The number of rotatable bonds is 9. The van der Waals surface area contributed by atoms with E-state index in [1.807, 2.05) is 19.4 Å². The lowest BCUT2D eigenvalue weighted by atomic mass is 10.1. The molecule has 0 radical (unpaired) electrons. The molecule has 0 spiro atoms. The maximum Gasteiger partial charge on any atom is 0.239 e. The van der Waals surface area contributed by atoms with E-state index in [1.54, 1.807) is 16.7 Å². The van der Waals surface area contributed by atoms with Crippen molar-refractivity contribution in [2.75, 3.05) is 25.6 Å². The first-order chi connectivity index (χ1) is 9.65. The Bertz CT molecular complexity index is 383. The van der Waals surface area contributed by atoms with E-state index in [0.29, 0.717) is 0 Å². The number of unbranched alkanes of at least 4 members (excludes halogenated alkanes) is 1. The van der Waals surface area contributed by atoms with Gasteiger partial charge in [-0.3, -0.25) is 4.79 Å². The second-order valence-electron chi connectivity index (χ2n) is 5.09. The molecule has 0 heterocycles. The highest BCUT2D eigenvalue weighted by atomic mass is 32.2. The molecular formula is C16H26N2OS. The zero-order valence-electron chi connectivity index (χ0n) is 12.5. The fourth-order valence-electron chi connectivity index (χ4n) is 2.08. The van der Waals surface area contributed by atoms with Gasteiger partial charge in [-0.2, -0.15) is 11.8 Å². The number of hydrogen-bond donors (Lipinski definition) is 1. The predicted molar refractivity (Wildman–Crippen MR) is 88.0 cm³/mol. The molecule has 0 fully saturated rings. The van der Waals surface area contributed by atoms with Crippen LogP contribution in [0.3, 0.4) is 0 Å². The van der Waals surface area contributed by atoms with Crippen molar-refractivity contribution < 1.29 is 4.79 Å². The predicted octanol–water partition coefficient (Wildman–Crippen LogP) is 2.55. The minimum atomic E-state index is -0.346. The van der Waals surface area contributed by atoms with Crippen LogP contribution in [0.25, 0.3) is 0 Å². The van der Waals surface area contributed by atoms with Crippen LogP contribution >= 0.6 is 11.8 Å². The van der Waals surface area contributed by atoms with Gasteiger partial charge in [0.15, 0.2) is 0 Å². The summed E-state index contributed by atoms with van der Waals surface area (Å²) in [5, 5.41) is 0. The van der Waals surface area contributed by atoms with Crippen molar-refractivity contribution in [1.82, 2.24) is 4.90 Å². The molecule has 3 nitrogen and oxygen atoms in total. The maximum absolute atomic E-state index is 12.0. The lowest BCUT2D eigenvalue weighted by Crippen LogP contribution is -2.42. The average Bonchev–Trinajstić information content (AvgIpc) is 2.49. The Balaban J connectivity index is 2.19. The number of thioether (sulfide) groups is 1. The van der Waals surface area contributed by atoms with Crippen molar-refractivity contribution in [2.45, 2.75) is 31.7 Å². The molecule has 1 aromatic rings. The van der Waals surface area contributed by atoms with E-state index in [-0.39, 0.29) is 11.9 Å². The number of carbonyl (C=O) groups excluding carboxylic acids is 1. The molecule has 1 atom stereocenters. The Morgan fingerprint density at radius 3 is 2.65 bits per heavy atom. The molecule has 4 heteroatoms. The van der Waals surface area contributed by atoms with Gasteiger partial charge in [-0.25, -0.2) is 0 Å². The van der Waals surface area contributed by atoms with E-state index in [2.05, 4.69) is 24.3 Å². The van der Waals surface area contributed by atoms with Gasteiger partial charge in [-0.1, -0.05) is 30.3 Å². The molecule has 2 N–H and O–H groups in total. The van der Waals surface area contributed by atoms with E-state index in [4.69, 9.17) is 5.73 Å². The molecule has 0 saturated carbocycles. The summed E-state index contributed by atoms with van der Waals surface area (Å²) in [6.45, 7) is 0.790. The third-order valence-corrected chi connectivity index (χ3v) is 4.02. The number of benzene rings is 1. The Morgan fingerprint density at radius 1 is 1.30 bits per heavy atom. The quantitative estimate of drug-likeness (QED) is 0.712. The van der Waals surface area contributed by atoms with Crippen LogP contribution in [0.15, 0.2) is 30.3 Å². The largest absolute Gasteiger partial charge is 0.344 e. The van der Waals surface area contributed by atoms with Crippen LogP contribution in [0, 0.1) is 0 Å². The summed E-state index contributed by atoms with van der Waals surface area (Å²) in [5.74, 6) is 1.01. The lowest BCUT2D eigenvalue weighted by Gasteiger charge is -2.21. The van der Waals surface area contributed by atoms with Gasteiger partial charge in [0.1, 0.15) is 0 Å². The minimum absolute atomic E-state index is 0.0683. The average molecular weight is 294 g/mol. The molecule has 0 bridgehead atoms. The van der Waals surface area contributed by atoms with E-state index in [9.17, 15) is 4.79 Å². The monoisotopic (exact) mass is 294 g/mol. The van der Waals surface area contributed by atoms with Crippen molar-refractivity contribution in [1.29, 1.82) is 0 Å². The molecule has 0 aromatic heterocycles. The second-order valence-corrected chi connectivity index (χ2v) is 6.08. The van der Waals surface area contributed by atoms with Crippen LogP contribution in [-0.4, -0.2) is 42.4 Å². The van der Waals surface area contributed by atoms with Crippen molar-refractivity contribution in [3.63, 3.8) is 0 Å². The van der Waals surface area contributed by atoms with Gasteiger partial charge >= 0.3 is 0 Å². The summed E-state index contributed by atoms with van der Waals surface area (Å²) in [5.41, 5.74) is 7.25. The number of nitrogens with two attached hydrogens (primary N) is 1. The highest BCUT2D eigenvalue weighted by Crippen LogP contribution is 2.06. The van der Waals surface area contributed by atoms with Crippen molar-refractivity contribution in [2.24, 2.45) is 5.73 Å². The van der Waals surface area contributed by atoms with Gasteiger partial charge in [0, 0.05) is 13.6 Å². The summed E-state index contributed by atoms with van der Waals surface area (Å²) in [7, 11) is 1.85. The zero-order valence-corrected chi connectivity index (χ0v) is 13.4. The molecule has 20 heavy (non-hydrogen) atoms. The first kappa shape index (κ1) is 17.1. The molecule has 0 aliphatic heterocycles. The molecule has 0 aliphatic rings. The molecule has 0 aliphatic carbocycles. The van der Waals surface area contributed by atoms with Crippen molar-refractivity contribution >= 4 is 17.7 Å². The zero-order chi connectivity index (χ0) is 14.8. The summed E-state index contributed by atoms with van der Waals surface area (Å²) >= 11 is 1.73. The van der Waals surface area contributed by atoms with Crippen LogP contribution in [0.1, 0.15) is 24.8 Å². The van der Waals surface area contributed by atoms with E-state index >= 15 is 0 Å². The van der Waals surface area contributed by atoms with Crippen LogP contribution in [0.5, 0.6) is 0 Å². The fourth-order valence-corrected chi connectivity index (χ4v) is 2.57. The number of carbonyl (C=O) groups is 1. The number of aryl methyl sites for hydroxylation is 1. The van der Waals surface area contributed by atoms with E-state index in [1.165, 1.54) is 5.56 Å². The second kappa shape index (κ2) is 9.83. The normalized spacial score (nSPS) is 12.2. The van der Waals surface area contributed by atoms with Crippen LogP contribution in [0.2, 0.25) is 0 Å². The summed E-state index contributed by atoms with van der Waals surface area (Å²) in [6.07, 6.45) is 5.98. The molecular weight excluding hydrogens is 268 g/mol. The first-order valence-electron chi connectivity index (χ1n) is 7.18. The Hall–Kier alpha value is -1.00. The Morgan fingerprint density at radius 2 is 2.00 bits per heavy atom. The summed E-state index contributed by atoms with van der Waals surface area (Å²) < 4.78 is 0. The number of nitrogens with zero attached hydrogens (tertiary/aromatic N) is 1. The number of amides is 1. The fraction of sp³-hybridized carbons (Fsp3) is 0.562. The van der Waals surface area contributed by atoms with Gasteiger partial charge in [0.25, 0.3) is 0 Å². The molecule has 1 aromatic carbocycles. The third kappa shape index (κ3) is 6.44. The van der Waals surface area contributed by atoms with E-state index < -0.39 is 0 Å². The molecule has 0 saturated heterocycles. The standard InChI is InChI=1S/C16H26N2OS/c1-18(16(19)15(17)11-13-20-2)12-7-6-10-14-8-4-3-5-9-14/h3-5,8-9,15H,6-7,10-13,17H2,1-2H3/t15-/m1/s1. The highest BCUT2D eigenvalue weighted by Gasteiger charge is 2.16. The summed E-state index contributed by atoms with van der Waals surface area (Å²) in [6, 6.07) is 10.1. The third-order valence-electron chi connectivity index (χ3n) is 3.38. The van der Waals surface area contributed by atoms with Gasteiger partial charge in [-0.15, -0.1) is 0 Å². The molecule has 1 rings (SSSR count). The maximum atomic E-state index is 12.0. The topological polar surface area (TPSA) is 46.3 Å². The Labute approximate surface area is 126 Å². The highest BCUT2D eigenvalue weighted by molar-refractivity contribution is 7.98. The first-order valence-corrected chi connectivity index (χ1v) is 8.58. The molecule has 0 unspecified atom stereocenters. The molecule has 112 valence electrons. The van der Waals surface area contributed by atoms with Crippen molar-refractivity contribution in [3.8, 4) is 0 Å². The number of likely N-dealkylation sites (N-methyl/N-ethyl adjacent to an activating group) is 1. The number of hydrogen-bond acceptors (Lipinski definition) is 3. The minimum Gasteiger partial charge on any atom is -0.344 e. The van der Waals surface area contributed by atoms with Gasteiger partial charge in [0.2, 0.25) is 5.91 Å². The summed E-state index contributed by atoms with van der Waals surface area (Å²) in [4.78, 5) is 13.8. The van der Waals surface area contributed by atoms with Gasteiger partial charge < -0.3 is 10.6 Å². The van der Waals surface area contributed by atoms with Crippen LogP contribution < -0.4 is 5.73 Å². The van der Waals surface area contributed by atoms with E-state index in [0.717, 1.165) is 38.0 Å². The van der Waals surface area contributed by atoms with Gasteiger partial charge in [0.05, 0.1) is 6.04 Å². The molecule has 1 amide bonds. The SMILES string of the molecule is CSCC[C@@H](N)C(=O)N(C)CCCCc1ccccc1. The lowest BCUT2D eigenvalue weighted by molar-refractivity contribution is -0.131. The van der Waals surface area contributed by atoms with Crippen molar-refractivity contribution in [3.05, 3.63) is 35.9 Å². The van der Waals surface area contributed by atoms with Crippen LogP contribution in [0.4, 0.5) is 0 Å². The smallest absolute Gasteiger partial charge is 0.239 e. The Kier molecular flexibility index (Phi) is 8.38.